The summed E-state index contributed by atoms with van der Waals surface area (Å²) >= 11 is 1.96. The van der Waals surface area contributed by atoms with Gasteiger partial charge in [-0.2, -0.15) is 11.8 Å². The first-order chi connectivity index (χ1) is 10.2. The maximum atomic E-state index is 9.34. The molecule has 0 saturated carbocycles. The van der Waals surface area contributed by atoms with Crippen molar-refractivity contribution in [2.75, 3.05) is 5.75 Å². The molecule has 2 atom stereocenters. The standard InChI is InChI=1S/C19H40OS/c1-4-6-7-8-9-10-11-12-13-14-15-16-19(5-2)21-17-18(3)20/h18-20H,4-17H2,1-3H3. The number of hydrogen-bond acceptors (Lipinski definition) is 2. The Labute approximate surface area is 138 Å². The van der Waals surface area contributed by atoms with Crippen LogP contribution in [0.5, 0.6) is 0 Å². The molecule has 0 aliphatic carbocycles. The van der Waals surface area contributed by atoms with Gasteiger partial charge < -0.3 is 5.11 Å². The minimum absolute atomic E-state index is 0.152. The molecule has 0 fully saturated rings. The second-order valence-electron chi connectivity index (χ2n) is 6.54. The third kappa shape index (κ3) is 16.5. The van der Waals surface area contributed by atoms with Crippen LogP contribution in [0.25, 0.3) is 0 Å². The highest BCUT2D eigenvalue weighted by Gasteiger charge is 2.08. The summed E-state index contributed by atoms with van der Waals surface area (Å²) in [6.45, 7) is 6.45. The van der Waals surface area contributed by atoms with Crippen LogP contribution in [0.2, 0.25) is 0 Å². The van der Waals surface area contributed by atoms with Gasteiger partial charge in [-0.25, -0.2) is 0 Å². The maximum absolute atomic E-state index is 9.34. The zero-order valence-corrected chi connectivity index (χ0v) is 15.7. The van der Waals surface area contributed by atoms with Crippen LogP contribution >= 0.6 is 11.8 Å². The van der Waals surface area contributed by atoms with E-state index < -0.39 is 0 Å². The zero-order chi connectivity index (χ0) is 15.8. The van der Waals surface area contributed by atoms with Gasteiger partial charge in [0.05, 0.1) is 6.10 Å². The van der Waals surface area contributed by atoms with Crippen molar-refractivity contribution in [1.29, 1.82) is 0 Å². The van der Waals surface area contributed by atoms with Gasteiger partial charge in [0.15, 0.2) is 0 Å². The molecule has 1 nitrogen and oxygen atoms in total. The first-order valence-corrected chi connectivity index (χ1v) is 10.5. The highest BCUT2D eigenvalue weighted by molar-refractivity contribution is 7.99. The van der Waals surface area contributed by atoms with Gasteiger partial charge in [-0.1, -0.05) is 84.5 Å². The molecule has 0 bridgehead atoms. The van der Waals surface area contributed by atoms with Gasteiger partial charge in [0.25, 0.3) is 0 Å². The Bertz CT molecular complexity index is 194. The predicted octanol–water partition coefficient (Wildman–Crippen LogP) is 6.58. The number of thioether (sulfide) groups is 1. The van der Waals surface area contributed by atoms with E-state index in [1.165, 1.54) is 83.5 Å². The molecular formula is C19H40OS. The van der Waals surface area contributed by atoms with Crippen LogP contribution in [-0.4, -0.2) is 22.2 Å². The minimum Gasteiger partial charge on any atom is -0.393 e. The van der Waals surface area contributed by atoms with E-state index in [1.54, 1.807) is 0 Å². The van der Waals surface area contributed by atoms with Crippen molar-refractivity contribution in [3.05, 3.63) is 0 Å². The number of aliphatic hydroxyl groups excluding tert-OH is 1. The molecule has 21 heavy (non-hydrogen) atoms. The van der Waals surface area contributed by atoms with Crippen molar-refractivity contribution < 1.29 is 5.11 Å². The molecule has 0 rings (SSSR count). The van der Waals surface area contributed by atoms with Crippen molar-refractivity contribution in [1.82, 2.24) is 0 Å². The number of hydrogen-bond donors (Lipinski definition) is 1. The monoisotopic (exact) mass is 316 g/mol. The Morgan fingerprint density at radius 1 is 0.762 bits per heavy atom. The van der Waals surface area contributed by atoms with E-state index in [0.29, 0.717) is 0 Å². The normalized spacial score (nSPS) is 14.3. The van der Waals surface area contributed by atoms with E-state index in [0.717, 1.165) is 11.0 Å². The molecule has 0 saturated heterocycles. The quantitative estimate of drug-likeness (QED) is 0.324. The molecule has 0 amide bonds. The molecule has 0 aliphatic heterocycles. The van der Waals surface area contributed by atoms with Gasteiger partial charge in [-0.3, -0.25) is 0 Å². The molecule has 1 N–H and O–H groups in total. The molecule has 0 spiro atoms. The van der Waals surface area contributed by atoms with Gasteiger partial charge in [0, 0.05) is 11.0 Å². The van der Waals surface area contributed by atoms with Crippen molar-refractivity contribution in [2.24, 2.45) is 0 Å². The van der Waals surface area contributed by atoms with Crippen molar-refractivity contribution in [3.8, 4) is 0 Å². The molecule has 0 aliphatic rings. The zero-order valence-electron chi connectivity index (χ0n) is 14.9. The molecule has 0 radical (unpaired) electrons. The number of aliphatic hydroxyl groups is 1. The van der Waals surface area contributed by atoms with Gasteiger partial charge in [0.1, 0.15) is 0 Å². The second-order valence-corrected chi connectivity index (χ2v) is 7.87. The Morgan fingerprint density at radius 2 is 1.24 bits per heavy atom. The maximum Gasteiger partial charge on any atom is 0.0602 e. The third-order valence-electron chi connectivity index (χ3n) is 4.16. The van der Waals surface area contributed by atoms with Crippen LogP contribution in [0.1, 0.15) is 104 Å². The van der Waals surface area contributed by atoms with Crippen LogP contribution in [0.3, 0.4) is 0 Å². The lowest BCUT2D eigenvalue weighted by Crippen LogP contribution is -2.09. The van der Waals surface area contributed by atoms with Gasteiger partial charge in [0.2, 0.25) is 0 Å². The second kappa shape index (κ2) is 16.7. The smallest absolute Gasteiger partial charge is 0.0602 e. The average molecular weight is 317 g/mol. The molecule has 0 aromatic carbocycles. The van der Waals surface area contributed by atoms with Gasteiger partial charge in [-0.05, 0) is 19.8 Å². The SMILES string of the molecule is CCCCCCCCCCCCCC(CC)SCC(C)O. The average Bonchev–Trinajstić information content (AvgIpc) is 2.47. The summed E-state index contributed by atoms with van der Waals surface area (Å²) in [5.74, 6) is 0.899. The summed E-state index contributed by atoms with van der Waals surface area (Å²) in [7, 11) is 0. The van der Waals surface area contributed by atoms with Crippen LogP contribution in [0.15, 0.2) is 0 Å². The fraction of sp³-hybridized carbons (Fsp3) is 1.00. The summed E-state index contributed by atoms with van der Waals surface area (Å²) < 4.78 is 0. The summed E-state index contributed by atoms with van der Waals surface area (Å²) in [5.41, 5.74) is 0. The van der Waals surface area contributed by atoms with E-state index in [1.807, 2.05) is 18.7 Å². The lowest BCUT2D eigenvalue weighted by molar-refractivity contribution is 0.220. The molecule has 0 heterocycles. The van der Waals surface area contributed by atoms with E-state index in [-0.39, 0.29) is 6.10 Å². The topological polar surface area (TPSA) is 20.2 Å². The fourth-order valence-electron chi connectivity index (χ4n) is 2.72. The van der Waals surface area contributed by atoms with Gasteiger partial charge in [-0.15, -0.1) is 0 Å². The van der Waals surface area contributed by atoms with Crippen LogP contribution in [0, 0.1) is 0 Å². The Hall–Kier alpha value is 0.310. The summed E-state index contributed by atoms with van der Waals surface area (Å²) in [6.07, 6.45) is 18.1. The van der Waals surface area contributed by atoms with Crippen molar-refractivity contribution in [2.45, 2.75) is 116 Å². The molecule has 0 aromatic heterocycles. The van der Waals surface area contributed by atoms with E-state index in [4.69, 9.17) is 0 Å². The molecular weight excluding hydrogens is 276 g/mol. The van der Waals surface area contributed by atoms with Crippen LogP contribution in [0.4, 0.5) is 0 Å². The predicted molar refractivity (Wildman–Crippen MR) is 99.3 cm³/mol. The summed E-state index contributed by atoms with van der Waals surface area (Å²) in [5, 5.41) is 10.1. The molecule has 2 unspecified atom stereocenters. The summed E-state index contributed by atoms with van der Waals surface area (Å²) in [6, 6.07) is 0. The fourth-order valence-corrected chi connectivity index (χ4v) is 3.84. The van der Waals surface area contributed by atoms with E-state index >= 15 is 0 Å². The summed E-state index contributed by atoms with van der Waals surface area (Å²) in [4.78, 5) is 0. The van der Waals surface area contributed by atoms with E-state index in [9.17, 15) is 5.11 Å². The van der Waals surface area contributed by atoms with Crippen molar-refractivity contribution in [3.63, 3.8) is 0 Å². The van der Waals surface area contributed by atoms with Gasteiger partial charge >= 0.3 is 0 Å². The Balaban J connectivity index is 3.23. The lowest BCUT2D eigenvalue weighted by Gasteiger charge is -2.15. The van der Waals surface area contributed by atoms with E-state index in [2.05, 4.69) is 13.8 Å². The Morgan fingerprint density at radius 3 is 1.67 bits per heavy atom. The number of rotatable bonds is 16. The lowest BCUT2D eigenvalue weighted by atomic mass is 10.0. The van der Waals surface area contributed by atoms with Crippen molar-refractivity contribution >= 4 is 11.8 Å². The highest BCUT2D eigenvalue weighted by atomic mass is 32.2. The minimum atomic E-state index is -0.152. The first-order valence-electron chi connectivity index (χ1n) is 9.50. The van der Waals surface area contributed by atoms with Crippen LogP contribution < -0.4 is 0 Å². The Kier molecular flexibility index (Phi) is 16.9. The highest BCUT2D eigenvalue weighted by Crippen LogP contribution is 2.22. The number of unbranched alkanes of at least 4 members (excludes halogenated alkanes) is 10. The largest absolute Gasteiger partial charge is 0.393 e. The molecule has 0 aromatic rings. The van der Waals surface area contributed by atoms with Crippen LogP contribution in [-0.2, 0) is 0 Å². The molecule has 2 heteroatoms. The third-order valence-corrected chi connectivity index (χ3v) is 5.87. The molecule has 128 valence electrons. The first kappa shape index (κ1) is 21.3.